The maximum Gasteiger partial charge on any atom is 0.408 e. The summed E-state index contributed by atoms with van der Waals surface area (Å²) in [6.07, 6.45) is 1.60. The molecule has 1 amide bonds. The standard InChI is InChI=1S/C29H35FN4O4S/c1-19-14-21(9-8-20(19)16-31)33(7)26(39)34(28(5,6)17-35)22-10-11-24(23(30)15-22)37-18-29(12-13-29)32-25(36)38-27(2,3)4/h8-11,14-15,17H,12-13,18H2,1-7H3,(H,32,36). The van der Waals surface area contributed by atoms with Crippen LogP contribution in [0.3, 0.4) is 0 Å². The van der Waals surface area contributed by atoms with Crippen LogP contribution in [-0.4, -0.2) is 47.8 Å². The third-order valence-corrected chi connectivity index (χ3v) is 6.81. The van der Waals surface area contributed by atoms with E-state index >= 15 is 4.39 Å². The van der Waals surface area contributed by atoms with Crippen molar-refractivity contribution in [3.8, 4) is 11.8 Å². The van der Waals surface area contributed by atoms with Gasteiger partial charge in [0.1, 0.15) is 18.5 Å². The van der Waals surface area contributed by atoms with E-state index in [-0.39, 0.29) is 17.5 Å². The average Bonchev–Trinajstić information content (AvgIpc) is 3.60. The largest absolute Gasteiger partial charge is 0.488 e. The summed E-state index contributed by atoms with van der Waals surface area (Å²) in [5.41, 5.74) is 0.100. The average molecular weight is 555 g/mol. The van der Waals surface area contributed by atoms with E-state index in [0.717, 1.165) is 17.5 Å². The number of aryl methyl sites for hydroxylation is 1. The number of ether oxygens (including phenoxy) is 2. The summed E-state index contributed by atoms with van der Waals surface area (Å²) in [6.45, 7) is 10.6. The van der Waals surface area contributed by atoms with Gasteiger partial charge in [0.05, 0.1) is 22.7 Å². The van der Waals surface area contributed by atoms with Crippen LogP contribution in [0.25, 0.3) is 0 Å². The molecule has 0 spiro atoms. The van der Waals surface area contributed by atoms with Crippen molar-refractivity contribution in [2.75, 3.05) is 23.5 Å². The second-order valence-electron chi connectivity index (χ2n) is 11.4. The quantitative estimate of drug-likeness (QED) is 0.331. The molecule has 2 aromatic carbocycles. The van der Waals surface area contributed by atoms with Crippen LogP contribution in [0.1, 0.15) is 58.6 Å². The monoisotopic (exact) mass is 554 g/mol. The number of halogens is 1. The second kappa shape index (κ2) is 11.2. The molecule has 10 heteroatoms. The fourth-order valence-electron chi connectivity index (χ4n) is 3.92. The molecule has 0 aromatic heterocycles. The molecule has 0 saturated heterocycles. The Morgan fingerprint density at radius 2 is 1.82 bits per heavy atom. The Bertz CT molecular complexity index is 1310. The first-order valence-corrected chi connectivity index (χ1v) is 13.0. The van der Waals surface area contributed by atoms with Gasteiger partial charge in [-0.25, -0.2) is 9.18 Å². The minimum Gasteiger partial charge on any atom is -0.488 e. The number of thiocarbonyl (C=S) groups is 1. The van der Waals surface area contributed by atoms with E-state index in [9.17, 15) is 14.9 Å². The van der Waals surface area contributed by atoms with E-state index < -0.39 is 28.6 Å². The summed E-state index contributed by atoms with van der Waals surface area (Å²) in [7, 11) is 1.75. The fourth-order valence-corrected chi connectivity index (χ4v) is 4.37. The molecule has 2 aromatic rings. The van der Waals surface area contributed by atoms with Crippen LogP contribution in [0.2, 0.25) is 0 Å². The summed E-state index contributed by atoms with van der Waals surface area (Å²) in [5, 5.41) is 12.3. The highest BCUT2D eigenvalue weighted by Crippen LogP contribution is 2.37. The van der Waals surface area contributed by atoms with Crippen molar-refractivity contribution in [1.29, 1.82) is 5.26 Å². The minimum absolute atomic E-state index is 0.0156. The van der Waals surface area contributed by atoms with Crippen molar-refractivity contribution >= 4 is 41.1 Å². The minimum atomic E-state index is -1.10. The van der Waals surface area contributed by atoms with Gasteiger partial charge in [-0.2, -0.15) is 5.26 Å². The van der Waals surface area contributed by atoms with Gasteiger partial charge in [0.25, 0.3) is 0 Å². The predicted molar refractivity (Wildman–Crippen MR) is 153 cm³/mol. The van der Waals surface area contributed by atoms with Crippen LogP contribution < -0.4 is 19.9 Å². The van der Waals surface area contributed by atoms with E-state index in [0.29, 0.717) is 24.1 Å². The van der Waals surface area contributed by atoms with Crippen molar-refractivity contribution < 1.29 is 23.5 Å². The molecule has 8 nitrogen and oxygen atoms in total. The first kappa shape index (κ1) is 29.8. The molecule has 0 unspecified atom stereocenters. The molecule has 0 atom stereocenters. The lowest BCUT2D eigenvalue weighted by Crippen LogP contribution is -2.54. The molecular formula is C29H35FN4O4S. The van der Waals surface area contributed by atoms with Crippen LogP contribution in [0.15, 0.2) is 36.4 Å². The first-order valence-electron chi connectivity index (χ1n) is 12.6. The number of anilines is 2. The van der Waals surface area contributed by atoms with Gasteiger partial charge in [-0.15, -0.1) is 0 Å². The topological polar surface area (TPSA) is 94.9 Å². The number of nitriles is 1. The van der Waals surface area contributed by atoms with Crippen LogP contribution in [0.4, 0.5) is 20.6 Å². The SMILES string of the molecule is Cc1cc(N(C)C(=S)N(c2ccc(OCC3(NC(=O)OC(C)(C)C)CC3)c(F)c2)C(C)(C)C=O)ccc1C#N. The number of rotatable bonds is 8. The Kier molecular flexibility index (Phi) is 8.56. The highest BCUT2D eigenvalue weighted by molar-refractivity contribution is 7.80. The highest BCUT2D eigenvalue weighted by Gasteiger charge is 2.46. The zero-order chi connectivity index (χ0) is 29.2. The number of nitrogens with zero attached hydrogens (tertiary/aromatic N) is 3. The van der Waals surface area contributed by atoms with E-state index in [1.165, 1.54) is 12.1 Å². The third kappa shape index (κ3) is 7.24. The number of carbonyl (C=O) groups is 2. The Balaban J connectivity index is 1.80. The van der Waals surface area contributed by atoms with Crippen molar-refractivity contribution in [2.24, 2.45) is 0 Å². The molecule has 1 N–H and O–H groups in total. The van der Waals surface area contributed by atoms with Gasteiger partial charge >= 0.3 is 6.09 Å². The Morgan fingerprint density at radius 1 is 1.18 bits per heavy atom. The van der Waals surface area contributed by atoms with Gasteiger partial charge in [-0.1, -0.05) is 0 Å². The summed E-state index contributed by atoms with van der Waals surface area (Å²) in [4.78, 5) is 27.5. The zero-order valence-electron chi connectivity index (χ0n) is 23.4. The molecule has 1 aliphatic carbocycles. The summed E-state index contributed by atoms with van der Waals surface area (Å²) in [6, 6.07) is 11.8. The normalized spacial score (nSPS) is 14.0. The van der Waals surface area contributed by atoms with E-state index in [1.54, 1.807) is 69.7 Å². The molecule has 0 bridgehead atoms. The van der Waals surface area contributed by atoms with E-state index in [2.05, 4.69) is 11.4 Å². The molecule has 3 rings (SSSR count). The van der Waals surface area contributed by atoms with Crippen LogP contribution in [0, 0.1) is 24.1 Å². The van der Waals surface area contributed by atoms with Crippen LogP contribution in [-0.2, 0) is 9.53 Å². The highest BCUT2D eigenvalue weighted by atomic mass is 32.1. The van der Waals surface area contributed by atoms with Gasteiger partial charge in [0.15, 0.2) is 16.7 Å². The molecule has 1 fully saturated rings. The van der Waals surface area contributed by atoms with Crippen LogP contribution in [0.5, 0.6) is 5.75 Å². The number of alkyl carbamates (subject to hydrolysis) is 1. The number of carbonyl (C=O) groups excluding carboxylic acids is 2. The molecule has 39 heavy (non-hydrogen) atoms. The van der Waals surface area contributed by atoms with Gasteiger partial charge in [-0.3, -0.25) is 0 Å². The van der Waals surface area contributed by atoms with Gasteiger partial charge in [0, 0.05) is 24.5 Å². The molecule has 0 radical (unpaired) electrons. The lowest BCUT2D eigenvalue weighted by atomic mass is 10.0. The Morgan fingerprint density at radius 3 is 2.33 bits per heavy atom. The molecule has 0 aliphatic heterocycles. The number of benzene rings is 2. The van der Waals surface area contributed by atoms with Crippen molar-refractivity contribution in [2.45, 2.75) is 71.1 Å². The predicted octanol–water partition coefficient (Wildman–Crippen LogP) is 5.65. The molecule has 1 saturated carbocycles. The maximum atomic E-state index is 15.3. The first-order chi connectivity index (χ1) is 18.1. The number of hydrogen-bond donors (Lipinski definition) is 1. The number of hydrogen-bond acceptors (Lipinski definition) is 6. The van der Waals surface area contributed by atoms with Crippen LogP contribution >= 0.6 is 12.2 Å². The summed E-state index contributed by atoms with van der Waals surface area (Å²) < 4.78 is 26.3. The van der Waals surface area contributed by atoms with Gasteiger partial charge in [0.2, 0.25) is 0 Å². The van der Waals surface area contributed by atoms with Crippen molar-refractivity contribution in [3.05, 3.63) is 53.3 Å². The van der Waals surface area contributed by atoms with Gasteiger partial charge < -0.3 is 29.4 Å². The fraction of sp³-hybridized carbons (Fsp3) is 0.448. The van der Waals surface area contributed by atoms with E-state index in [1.807, 2.05) is 13.0 Å². The second-order valence-corrected chi connectivity index (χ2v) is 11.7. The molecule has 0 heterocycles. The lowest BCUT2D eigenvalue weighted by molar-refractivity contribution is -0.111. The number of nitrogens with one attached hydrogen (secondary N) is 1. The zero-order valence-corrected chi connectivity index (χ0v) is 24.2. The van der Waals surface area contributed by atoms with E-state index in [4.69, 9.17) is 21.7 Å². The third-order valence-electron chi connectivity index (χ3n) is 6.36. The Labute approximate surface area is 234 Å². The molecule has 1 aliphatic rings. The summed E-state index contributed by atoms with van der Waals surface area (Å²) >= 11 is 5.77. The maximum absolute atomic E-state index is 15.3. The molecule has 208 valence electrons. The van der Waals surface area contributed by atoms with Crippen molar-refractivity contribution in [1.82, 2.24) is 5.32 Å². The lowest BCUT2D eigenvalue weighted by Gasteiger charge is -2.39. The molecular weight excluding hydrogens is 519 g/mol. The number of aldehydes is 1. The number of amides is 1. The van der Waals surface area contributed by atoms with Gasteiger partial charge in [-0.05, 0) is 102 Å². The Hall–Kier alpha value is -3.71. The smallest absolute Gasteiger partial charge is 0.408 e. The summed E-state index contributed by atoms with van der Waals surface area (Å²) in [5.74, 6) is -0.617. The van der Waals surface area contributed by atoms with Crippen molar-refractivity contribution in [3.63, 3.8) is 0 Å².